The van der Waals surface area contributed by atoms with E-state index in [1.807, 2.05) is 0 Å². The normalized spacial score (nSPS) is 23.7. The fraction of sp³-hybridized carbons (Fsp3) is 0.194. The lowest BCUT2D eigenvalue weighted by Crippen LogP contribution is -2.56. The van der Waals surface area contributed by atoms with E-state index in [4.69, 9.17) is 18.9 Å². The van der Waals surface area contributed by atoms with Gasteiger partial charge in [-0.25, -0.2) is 0 Å². The molecule has 208 valence electrons. The van der Waals surface area contributed by atoms with Crippen molar-refractivity contribution in [3.8, 4) is 46.0 Å². The number of carbonyl (C=O) groups is 1. The number of hydrogen-bond donors (Lipinski definition) is 5. The van der Waals surface area contributed by atoms with Gasteiger partial charge in [-0.15, -0.1) is 0 Å². The van der Waals surface area contributed by atoms with Crippen molar-refractivity contribution >= 4 is 5.78 Å². The lowest BCUT2D eigenvalue weighted by Gasteiger charge is -2.39. The minimum Gasteiger partial charge on any atom is -0.508 e. The van der Waals surface area contributed by atoms with Crippen molar-refractivity contribution in [3.63, 3.8) is 0 Å². The van der Waals surface area contributed by atoms with Gasteiger partial charge in [0, 0.05) is 36.4 Å². The summed E-state index contributed by atoms with van der Waals surface area (Å²) in [6.07, 6.45) is 0.367. The molecule has 0 unspecified atom stereocenters. The third-order valence-electron chi connectivity index (χ3n) is 7.99. The van der Waals surface area contributed by atoms with Gasteiger partial charge in [0.2, 0.25) is 5.78 Å². The summed E-state index contributed by atoms with van der Waals surface area (Å²) in [7, 11) is 1.32. The molecule has 41 heavy (non-hydrogen) atoms. The molecule has 10 nitrogen and oxygen atoms in total. The van der Waals surface area contributed by atoms with Crippen LogP contribution >= 0.6 is 0 Å². The number of aromatic hydroxyl groups is 5. The number of phenols is 5. The van der Waals surface area contributed by atoms with Crippen molar-refractivity contribution in [2.24, 2.45) is 0 Å². The number of phenolic OH excluding ortho intramolecular Hbond substituents is 5. The lowest BCUT2D eigenvalue weighted by molar-refractivity contribution is -0.237. The van der Waals surface area contributed by atoms with Gasteiger partial charge in [-0.05, 0) is 54.8 Å². The van der Waals surface area contributed by atoms with Crippen LogP contribution < -0.4 is 14.2 Å². The third kappa shape index (κ3) is 3.25. The summed E-state index contributed by atoms with van der Waals surface area (Å²) in [5, 5.41) is 51.8. The van der Waals surface area contributed by atoms with Gasteiger partial charge in [-0.3, -0.25) is 4.79 Å². The van der Waals surface area contributed by atoms with Gasteiger partial charge in [0.1, 0.15) is 57.7 Å². The highest BCUT2D eigenvalue weighted by atomic mass is 16.7. The zero-order valence-corrected chi connectivity index (χ0v) is 21.6. The Morgan fingerprint density at radius 3 is 2.17 bits per heavy atom. The highest BCUT2D eigenvalue weighted by Crippen LogP contribution is 2.65. The van der Waals surface area contributed by atoms with Crippen molar-refractivity contribution in [1.29, 1.82) is 0 Å². The maximum Gasteiger partial charge on any atom is 0.289 e. The Morgan fingerprint density at radius 1 is 0.805 bits per heavy atom. The van der Waals surface area contributed by atoms with E-state index in [0.717, 1.165) is 11.6 Å². The summed E-state index contributed by atoms with van der Waals surface area (Å²) < 4.78 is 25.4. The first-order chi connectivity index (χ1) is 19.7. The molecule has 0 saturated heterocycles. The van der Waals surface area contributed by atoms with Crippen molar-refractivity contribution in [1.82, 2.24) is 0 Å². The standard InChI is InChI=1S/C31H24O10/c1-38-31(16-4-8-18(33)9-5-16)30(29(37)26-22(36)12-19(34)13-24(26)40-30)27-25(41-31)14-21(35)20-10-11-23(39-28(20)27)15-2-6-17(32)7-3-15/h2-9,12-14,23,32-36H,10-11H2,1H3/t23-,30+,31-/m1/s1. The van der Waals surface area contributed by atoms with E-state index < -0.39 is 29.0 Å². The molecular formula is C31H24O10. The van der Waals surface area contributed by atoms with Gasteiger partial charge in [-0.1, -0.05) is 12.1 Å². The predicted molar refractivity (Wildman–Crippen MR) is 142 cm³/mol. The van der Waals surface area contributed by atoms with Gasteiger partial charge in [0.15, 0.2) is 0 Å². The first-order valence-corrected chi connectivity index (χ1v) is 12.9. The molecule has 3 aliphatic rings. The first-order valence-electron chi connectivity index (χ1n) is 12.9. The molecule has 5 N–H and O–H groups in total. The van der Waals surface area contributed by atoms with Crippen LogP contribution in [0.15, 0.2) is 66.7 Å². The van der Waals surface area contributed by atoms with E-state index in [-0.39, 0.29) is 56.9 Å². The molecule has 7 rings (SSSR count). The second-order valence-corrected chi connectivity index (χ2v) is 10.2. The summed E-state index contributed by atoms with van der Waals surface area (Å²) in [6.45, 7) is 0. The Balaban J connectivity index is 1.50. The quantitative estimate of drug-likeness (QED) is 0.241. The molecule has 0 aromatic heterocycles. The number of benzene rings is 4. The Morgan fingerprint density at radius 2 is 1.49 bits per heavy atom. The second kappa shape index (κ2) is 8.45. The fourth-order valence-corrected chi connectivity index (χ4v) is 6.15. The third-order valence-corrected chi connectivity index (χ3v) is 7.99. The Bertz CT molecular complexity index is 1730. The number of rotatable bonds is 3. The van der Waals surface area contributed by atoms with Crippen LogP contribution in [0.25, 0.3) is 0 Å². The minimum absolute atomic E-state index is 0.0378. The SMILES string of the molecule is CO[C@]1(c2ccc(O)cc2)Oc2cc(O)c3c(c2[C@@]12Oc1cc(O)cc(O)c1C2=O)O[C@@H](c1ccc(O)cc1)CC3. The van der Waals surface area contributed by atoms with E-state index in [9.17, 15) is 30.3 Å². The second-order valence-electron chi connectivity index (χ2n) is 10.2. The number of methoxy groups -OCH3 is 1. The van der Waals surface area contributed by atoms with Gasteiger partial charge in [-0.2, -0.15) is 0 Å². The Hall–Kier alpha value is -5.09. The average Bonchev–Trinajstić information content (AvgIpc) is 3.41. The molecule has 4 aromatic carbocycles. The maximum absolute atomic E-state index is 14.6. The topological polar surface area (TPSA) is 155 Å². The number of hydrogen-bond acceptors (Lipinski definition) is 10. The van der Waals surface area contributed by atoms with Crippen LogP contribution in [0.3, 0.4) is 0 Å². The Labute approximate surface area is 233 Å². The molecule has 0 saturated carbocycles. The molecule has 0 radical (unpaired) electrons. The number of Topliss-reactive ketones (excluding diaryl/α,β-unsaturated/α-hetero) is 1. The van der Waals surface area contributed by atoms with E-state index in [1.54, 1.807) is 24.3 Å². The maximum atomic E-state index is 14.6. The zero-order valence-electron chi connectivity index (χ0n) is 21.6. The molecule has 1 spiro atoms. The summed E-state index contributed by atoms with van der Waals surface area (Å²) in [4.78, 5) is 14.6. The molecular weight excluding hydrogens is 532 g/mol. The number of carbonyl (C=O) groups excluding carboxylic acids is 1. The van der Waals surface area contributed by atoms with Crippen LogP contribution in [0.2, 0.25) is 0 Å². The molecule has 4 aromatic rings. The fourth-order valence-electron chi connectivity index (χ4n) is 6.15. The van der Waals surface area contributed by atoms with E-state index in [0.29, 0.717) is 18.4 Å². The number of ketones is 1. The van der Waals surface area contributed by atoms with Crippen LogP contribution in [-0.4, -0.2) is 38.4 Å². The lowest BCUT2D eigenvalue weighted by atomic mass is 9.77. The van der Waals surface area contributed by atoms with Crippen molar-refractivity contribution < 1.29 is 49.3 Å². The van der Waals surface area contributed by atoms with Gasteiger partial charge in [0.05, 0.1) is 5.56 Å². The summed E-state index contributed by atoms with van der Waals surface area (Å²) in [5.74, 6) is -3.50. The van der Waals surface area contributed by atoms with E-state index >= 15 is 0 Å². The highest BCUT2D eigenvalue weighted by Gasteiger charge is 2.74. The molecule has 3 atom stereocenters. The van der Waals surface area contributed by atoms with Crippen LogP contribution in [0, 0.1) is 0 Å². The summed E-state index contributed by atoms with van der Waals surface area (Å²) in [6, 6.07) is 16.0. The average molecular weight is 557 g/mol. The van der Waals surface area contributed by atoms with E-state index in [1.165, 1.54) is 43.5 Å². The smallest absolute Gasteiger partial charge is 0.289 e. The minimum atomic E-state index is -2.14. The molecule has 0 aliphatic carbocycles. The zero-order chi connectivity index (χ0) is 28.7. The van der Waals surface area contributed by atoms with Crippen LogP contribution in [-0.2, 0) is 22.5 Å². The molecule has 0 bridgehead atoms. The monoisotopic (exact) mass is 556 g/mol. The molecule has 0 fully saturated rings. The van der Waals surface area contributed by atoms with Gasteiger partial charge >= 0.3 is 0 Å². The Kier molecular flexibility index (Phi) is 5.14. The van der Waals surface area contributed by atoms with Crippen LogP contribution in [0.1, 0.15) is 45.1 Å². The van der Waals surface area contributed by atoms with Crippen molar-refractivity contribution in [2.45, 2.75) is 30.3 Å². The summed E-state index contributed by atoms with van der Waals surface area (Å²) >= 11 is 0. The van der Waals surface area contributed by atoms with E-state index in [2.05, 4.69) is 0 Å². The van der Waals surface area contributed by atoms with Crippen LogP contribution in [0.5, 0.6) is 46.0 Å². The number of ether oxygens (including phenoxy) is 4. The van der Waals surface area contributed by atoms with Gasteiger partial charge in [0.25, 0.3) is 11.4 Å². The van der Waals surface area contributed by atoms with Crippen molar-refractivity contribution in [2.75, 3.05) is 7.11 Å². The van der Waals surface area contributed by atoms with Gasteiger partial charge < -0.3 is 44.5 Å². The van der Waals surface area contributed by atoms with Crippen LogP contribution in [0.4, 0.5) is 0 Å². The molecule has 3 aliphatic heterocycles. The summed E-state index contributed by atoms with van der Waals surface area (Å²) in [5.41, 5.74) is -0.705. The largest absolute Gasteiger partial charge is 0.508 e. The first kappa shape index (κ1) is 24.9. The molecule has 3 heterocycles. The molecule has 0 amide bonds. The highest BCUT2D eigenvalue weighted by molar-refractivity contribution is 6.12. The number of fused-ring (bicyclic) bond motifs is 5. The molecule has 10 heteroatoms. The predicted octanol–water partition coefficient (Wildman–Crippen LogP) is 4.64. The van der Waals surface area contributed by atoms with Crippen molar-refractivity contribution in [3.05, 3.63) is 94.5 Å².